The second kappa shape index (κ2) is 8.05. The van der Waals surface area contributed by atoms with Gasteiger partial charge in [-0.25, -0.2) is 12.8 Å². The first-order chi connectivity index (χ1) is 13.4. The SMILES string of the molecule is COc1cc(NS(=O)(=O)c2cccc(F)c2)ccc1NC(=O)c1cccnc1. The average molecular weight is 401 g/mol. The number of hydrogen-bond acceptors (Lipinski definition) is 5. The van der Waals surface area contributed by atoms with Crippen LogP contribution in [-0.4, -0.2) is 26.4 Å². The Hall–Kier alpha value is -3.46. The van der Waals surface area contributed by atoms with Gasteiger partial charge < -0.3 is 10.1 Å². The predicted octanol–water partition coefficient (Wildman–Crippen LogP) is 3.28. The first-order valence-corrected chi connectivity index (χ1v) is 9.55. The van der Waals surface area contributed by atoms with Crippen LogP contribution >= 0.6 is 0 Å². The molecule has 0 aliphatic heterocycles. The van der Waals surface area contributed by atoms with Gasteiger partial charge >= 0.3 is 0 Å². The lowest BCUT2D eigenvalue weighted by Crippen LogP contribution is -2.15. The molecule has 2 N–H and O–H groups in total. The fourth-order valence-corrected chi connectivity index (χ4v) is 3.48. The highest BCUT2D eigenvalue weighted by atomic mass is 32.2. The van der Waals surface area contributed by atoms with E-state index in [4.69, 9.17) is 4.74 Å². The molecular weight excluding hydrogens is 385 g/mol. The molecule has 1 heterocycles. The van der Waals surface area contributed by atoms with Gasteiger partial charge in [-0.05, 0) is 42.5 Å². The van der Waals surface area contributed by atoms with E-state index in [0.29, 0.717) is 11.3 Å². The van der Waals surface area contributed by atoms with Crippen molar-refractivity contribution in [1.29, 1.82) is 0 Å². The van der Waals surface area contributed by atoms with Crippen LogP contribution < -0.4 is 14.8 Å². The van der Waals surface area contributed by atoms with Crippen molar-refractivity contribution < 1.29 is 22.3 Å². The van der Waals surface area contributed by atoms with Crippen LogP contribution in [0, 0.1) is 5.82 Å². The van der Waals surface area contributed by atoms with Gasteiger partial charge in [0.1, 0.15) is 11.6 Å². The maximum Gasteiger partial charge on any atom is 0.261 e. The number of carbonyl (C=O) groups is 1. The van der Waals surface area contributed by atoms with Gasteiger partial charge in [0, 0.05) is 18.5 Å². The summed E-state index contributed by atoms with van der Waals surface area (Å²) in [6.45, 7) is 0. The number of halogens is 1. The Kier molecular flexibility index (Phi) is 5.55. The lowest BCUT2D eigenvalue weighted by molar-refractivity contribution is 0.102. The molecule has 1 aromatic heterocycles. The lowest BCUT2D eigenvalue weighted by atomic mass is 10.2. The molecule has 0 atom stereocenters. The summed E-state index contributed by atoms with van der Waals surface area (Å²) in [4.78, 5) is 15.9. The van der Waals surface area contributed by atoms with Gasteiger partial charge in [0.05, 0.1) is 28.9 Å². The molecular formula is C19H16FN3O4S. The van der Waals surface area contributed by atoms with Crippen LogP contribution in [0.5, 0.6) is 5.75 Å². The van der Waals surface area contributed by atoms with Gasteiger partial charge in [0.15, 0.2) is 0 Å². The van der Waals surface area contributed by atoms with Crippen molar-refractivity contribution in [2.75, 3.05) is 17.1 Å². The van der Waals surface area contributed by atoms with Crippen LogP contribution in [0.3, 0.4) is 0 Å². The summed E-state index contributed by atoms with van der Waals surface area (Å²) in [5, 5.41) is 2.68. The highest BCUT2D eigenvalue weighted by Crippen LogP contribution is 2.29. The minimum Gasteiger partial charge on any atom is -0.494 e. The van der Waals surface area contributed by atoms with E-state index in [1.165, 1.54) is 43.6 Å². The summed E-state index contributed by atoms with van der Waals surface area (Å²) in [5.74, 6) is -0.801. The summed E-state index contributed by atoms with van der Waals surface area (Å²) in [7, 11) is -2.59. The monoisotopic (exact) mass is 401 g/mol. The van der Waals surface area contributed by atoms with E-state index in [0.717, 1.165) is 12.1 Å². The predicted molar refractivity (Wildman–Crippen MR) is 102 cm³/mol. The molecule has 0 saturated heterocycles. The van der Waals surface area contributed by atoms with Crippen LogP contribution in [0.25, 0.3) is 0 Å². The Morgan fingerprint density at radius 1 is 1.11 bits per heavy atom. The number of aromatic nitrogens is 1. The van der Waals surface area contributed by atoms with Gasteiger partial charge in [-0.1, -0.05) is 6.07 Å². The van der Waals surface area contributed by atoms with Crippen molar-refractivity contribution >= 4 is 27.3 Å². The second-order valence-electron chi connectivity index (χ2n) is 5.67. The average Bonchev–Trinajstić information content (AvgIpc) is 2.69. The molecule has 0 aliphatic carbocycles. The molecule has 144 valence electrons. The molecule has 9 heteroatoms. The van der Waals surface area contributed by atoms with Crippen molar-refractivity contribution in [3.63, 3.8) is 0 Å². The number of nitrogens with zero attached hydrogens (tertiary/aromatic N) is 1. The van der Waals surface area contributed by atoms with Gasteiger partial charge in [0.25, 0.3) is 15.9 Å². The van der Waals surface area contributed by atoms with E-state index >= 15 is 0 Å². The number of sulfonamides is 1. The van der Waals surface area contributed by atoms with Crippen LogP contribution in [0.4, 0.5) is 15.8 Å². The highest BCUT2D eigenvalue weighted by Gasteiger charge is 2.17. The molecule has 2 aromatic carbocycles. The minimum absolute atomic E-state index is 0.195. The zero-order valence-corrected chi connectivity index (χ0v) is 15.5. The Bertz CT molecular complexity index is 1110. The van der Waals surface area contributed by atoms with E-state index in [9.17, 15) is 17.6 Å². The van der Waals surface area contributed by atoms with Crippen LogP contribution in [0.15, 0.2) is 71.9 Å². The number of rotatable bonds is 6. The van der Waals surface area contributed by atoms with E-state index in [2.05, 4.69) is 15.0 Å². The first kappa shape index (κ1) is 19.3. The smallest absolute Gasteiger partial charge is 0.261 e. The fraction of sp³-hybridized carbons (Fsp3) is 0.0526. The molecule has 0 aliphatic rings. The quantitative estimate of drug-likeness (QED) is 0.661. The normalized spacial score (nSPS) is 10.9. The lowest BCUT2D eigenvalue weighted by Gasteiger charge is -2.13. The number of anilines is 2. The molecule has 0 bridgehead atoms. The van der Waals surface area contributed by atoms with Crippen LogP contribution in [0.2, 0.25) is 0 Å². The molecule has 0 saturated carbocycles. The first-order valence-electron chi connectivity index (χ1n) is 8.07. The Morgan fingerprint density at radius 3 is 2.61 bits per heavy atom. The van der Waals surface area contributed by atoms with Crippen LogP contribution in [0.1, 0.15) is 10.4 Å². The third-order valence-corrected chi connectivity index (χ3v) is 5.11. The summed E-state index contributed by atoms with van der Waals surface area (Å²) in [5.41, 5.74) is 0.908. The number of amides is 1. The zero-order chi connectivity index (χ0) is 20.1. The van der Waals surface area contributed by atoms with E-state index in [1.807, 2.05) is 0 Å². The number of hydrogen-bond donors (Lipinski definition) is 2. The van der Waals surface area contributed by atoms with Crippen molar-refractivity contribution in [2.45, 2.75) is 4.90 Å². The van der Waals surface area contributed by atoms with Gasteiger partial charge in [0.2, 0.25) is 0 Å². The molecule has 0 spiro atoms. The Balaban J connectivity index is 1.82. The molecule has 7 nitrogen and oxygen atoms in total. The number of carbonyl (C=O) groups excluding carboxylic acids is 1. The third kappa shape index (κ3) is 4.44. The third-order valence-electron chi connectivity index (χ3n) is 3.73. The van der Waals surface area contributed by atoms with Crippen molar-refractivity contribution in [3.8, 4) is 5.75 Å². The summed E-state index contributed by atoms with van der Waals surface area (Å²) in [6.07, 6.45) is 2.97. The van der Waals surface area contributed by atoms with Crippen LogP contribution in [-0.2, 0) is 10.0 Å². The van der Waals surface area contributed by atoms with Crippen molar-refractivity contribution in [1.82, 2.24) is 4.98 Å². The van der Waals surface area contributed by atoms with Gasteiger partial charge in [-0.2, -0.15) is 0 Å². The zero-order valence-electron chi connectivity index (χ0n) is 14.7. The summed E-state index contributed by atoms with van der Waals surface area (Å²) >= 11 is 0. The maximum atomic E-state index is 13.3. The molecule has 0 unspecified atom stereocenters. The second-order valence-corrected chi connectivity index (χ2v) is 7.36. The van der Waals surface area contributed by atoms with Gasteiger partial charge in [-0.15, -0.1) is 0 Å². The molecule has 0 radical (unpaired) electrons. The fourth-order valence-electron chi connectivity index (χ4n) is 2.40. The van der Waals surface area contributed by atoms with Crippen molar-refractivity contribution in [3.05, 3.63) is 78.4 Å². The Labute approximate surface area is 161 Å². The van der Waals surface area contributed by atoms with E-state index in [-0.39, 0.29) is 22.2 Å². The van der Waals surface area contributed by atoms with Crippen molar-refractivity contribution in [2.24, 2.45) is 0 Å². The molecule has 0 fully saturated rings. The molecule has 28 heavy (non-hydrogen) atoms. The molecule has 3 aromatic rings. The number of ether oxygens (including phenoxy) is 1. The number of pyridine rings is 1. The topological polar surface area (TPSA) is 97.4 Å². The number of nitrogens with one attached hydrogen (secondary N) is 2. The largest absolute Gasteiger partial charge is 0.494 e. The molecule has 3 rings (SSSR count). The number of benzene rings is 2. The van der Waals surface area contributed by atoms with E-state index in [1.54, 1.807) is 18.3 Å². The van der Waals surface area contributed by atoms with Gasteiger partial charge in [-0.3, -0.25) is 14.5 Å². The summed E-state index contributed by atoms with van der Waals surface area (Å²) < 4.78 is 45.7. The maximum absolute atomic E-state index is 13.3. The highest BCUT2D eigenvalue weighted by molar-refractivity contribution is 7.92. The van der Waals surface area contributed by atoms with E-state index < -0.39 is 15.8 Å². The Morgan fingerprint density at radius 2 is 1.93 bits per heavy atom. The molecule has 1 amide bonds. The minimum atomic E-state index is -3.98. The standard InChI is InChI=1S/C19H16FN3O4S/c1-27-18-11-15(23-28(25,26)16-6-2-5-14(20)10-16)7-8-17(18)22-19(24)13-4-3-9-21-12-13/h2-12,23H,1H3,(H,22,24). The summed E-state index contributed by atoms with van der Waals surface area (Å²) in [6, 6.07) is 12.3. The number of methoxy groups -OCH3 is 1.